The van der Waals surface area contributed by atoms with Gasteiger partial charge in [-0.25, -0.2) is 17.9 Å². The van der Waals surface area contributed by atoms with Crippen LogP contribution in [0, 0.1) is 0 Å². The number of oxazole rings is 1. The minimum absolute atomic E-state index is 0.0881. The Balaban J connectivity index is 1.31. The van der Waals surface area contributed by atoms with Crippen LogP contribution in [0.2, 0.25) is 5.02 Å². The number of halogens is 1. The third-order valence-electron chi connectivity index (χ3n) is 5.49. The van der Waals surface area contributed by atoms with Gasteiger partial charge < -0.3 is 14.2 Å². The molecule has 0 aliphatic carbocycles. The van der Waals surface area contributed by atoms with Crippen LogP contribution in [-0.4, -0.2) is 52.3 Å². The Kier molecular flexibility index (Phi) is 5.88. The fraction of sp³-hybridized carbons (Fsp3) is 0.350. The Morgan fingerprint density at radius 2 is 1.93 bits per heavy atom. The van der Waals surface area contributed by atoms with Crippen molar-refractivity contribution < 1.29 is 17.7 Å². The van der Waals surface area contributed by atoms with Gasteiger partial charge >= 0.3 is 5.76 Å². The minimum Gasteiger partial charge on any atom is -0.408 e. The number of aryl methyl sites for hydroxylation is 1. The summed E-state index contributed by atoms with van der Waals surface area (Å²) in [6.45, 7) is 4.68. The number of sulfonamides is 1. The normalized spacial score (nSPS) is 15.7. The smallest absolute Gasteiger partial charge is 0.408 e. The van der Waals surface area contributed by atoms with Gasteiger partial charge in [0.05, 0.1) is 49.7 Å². The molecule has 0 atom stereocenters. The van der Waals surface area contributed by atoms with Crippen LogP contribution < -0.4 is 20.3 Å². The molecule has 1 aliphatic rings. The molecule has 1 fully saturated rings. The lowest BCUT2D eigenvalue weighted by Crippen LogP contribution is -3.15. The summed E-state index contributed by atoms with van der Waals surface area (Å²) in [6.07, 6.45) is 0. The number of quaternary nitrogens is 1. The van der Waals surface area contributed by atoms with Gasteiger partial charge in [0.15, 0.2) is 5.58 Å². The van der Waals surface area contributed by atoms with Gasteiger partial charge in [-0.2, -0.15) is 0 Å². The molecule has 30 heavy (non-hydrogen) atoms. The molecule has 1 aliphatic heterocycles. The lowest BCUT2D eigenvalue weighted by Gasteiger charge is -2.33. The molecule has 2 aromatic carbocycles. The van der Waals surface area contributed by atoms with E-state index < -0.39 is 15.8 Å². The molecule has 0 unspecified atom stereocenters. The van der Waals surface area contributed by atoms with Crippen molar-refractivity contribution in [2.24, 2.45) is 7.05 Å². The zero-order valence-corrected chi connectivity index (χ0v) is 18.2. The highest BCUT2D eigenvalue weighted by Crippen LogP contribution is 2.19. The largest absolute Gasteiger partial charge is 0.419 e. The van der Waals surface area contributed by atoms with E-state index in [9.17, 15) is 13.2 Å². The number of hydrogen-bond donors (Lipinski definition) is 2. The summed E-state index contributed by atoms with van der Waals surface area (Å²) >= 11 is 6.08. The van der Waals surface area contributed by atoms with Gasteiger partial charge in [0.2, 0.25) is 10.0 Å². The highest BCUT2D eigenvalue weighted by Gasteiger charge is 2.22. The molecule has 4 rings (SSSR count). The first-order valence-electron chi connectivity index (χ1n) is 9.77. The molecule has 10 heteroatoms. The monoisotopic (exact) mass is 451 g/mol. The molecule has 1 aromatic heterocycles. The fourth-order valence-electron chi connectivity index (χ4n) is 3.73. The molecule has 160 valence electrons. The van der Waals surface area contributed by atoms with Crippen LogP contribution in [0.1, 0.15) is 0 Å². The Morgan fingerprint density at radius 1 is 1.17 bits per heavy atom. The summed E-state index contributed by atoms with van der Waals surface area (Å²) in [5.41, 5.74) is 1.93. The third kappa shape index (κ3) is 4.39. The maximum absolute atomic E-state index is 12.6. The number of aromatic nitrogens is 1. The Bertz CT molecular complexity index is 1210. The van der Waals surface area contributed by atoms with E-state index in [1.54, 1.807) is 13.1 Å². The lowest BCUT2D eigenvalue weighted by molar-refractivity contribution is -0.899. The van der Waals surface area contributed by atoms with E-state index in [1.807, 2.05) is 18.2 Å². The highest BCUT2D eigenvalue weighted by molar-refractivity contribution is 7.89. The molecule has 0 amide bonds. The lowest BCUT2D eigenvalue weighted by atomic mass is 10.2. The number of benzene rings is 2. The van der Waals surface area contributed by atoms with Crippen LogP contribution in [0.25, 0.3) is 11.1 Å². The van der Waals surface area contributed by atoms with Crippen LogP contribution in [-0.2, 0) is 17.1 Å². The third-order valence-corrected chi connectivity index (χ3v) is 7.18. The van der Waals surface area contributed by atoms with E-state index in [0.717, 1.165) is 36.9 Å². The van der Waals surface area contributed by atoms with Gasteiger partial charge in [0, 0.05) is 23.8 Å². The maximum Gasteiger partial charge on any atom is 0.419 e. The summed E-state index contributed by atoms with van der Waals surface area (Å²) in [4.78, 5) is 15.3. The molecular weight excluding hydrogens is 428 g/mol. The standard InChI is InChI=1S/C20H23ClN4O4S/c1-23-18-6-5-17(14-19(18)29-20(23)26)30(27,28)22-7-8-24-9-11-25(12-10-24)16-4-2-3-15(21)13-16/h2-6,13-14,22H,7-12H2,1H3/p+1. The number of anilines is 1. The van der Waals surface area contributed by atoms with Crippen molar-refractivity contribution in [3.8, 4) is 0 Å². The Hall–Kier alpha value is -2.33. The molecule has 2 N–H and O–H groups in total. The van der Waals surface area contributed by atoms with E-state index in [4.69, 9.17) is 16.0 Å². The Morgan fingerprint density at radius 3 is 2.67 bits per heavy atom. The van der Waals surface area contributed by atoms with Gasteiger partial charge in [-0.1, -0.05) is 17.7 Å². The number of piperazine rings is 1. The zero-order chi connectivity index (χ0) is 21.3. The van der Waals surface area contributed by atoms with E-state index in [0.29, 0.717) is 18.6 Å². The predicted octanol–water partition coefficient (Wildman–Crippen LogP) is 0.468. The van der Waals surface area contributed by atoms with Gasteiger partial charge in [0.1, 0.15) is 0 Å². The van der Waals surface area contributed by atoms with Crippen LogP contribution in [0.3, 0.4) is 0 Å². The first kappa shape index (κ1) is 20.9. The van der Waals surface area contributed by atoms with Crippen molar-refractivity contribution in [3.63, 3.8) is 0 Å². The van der Waals surface area contributed by atoms with E-state index in [2.05, 4.69) is 15.7 Å². The van der Waals surface area contributed by atoms with Crippen LogP contribution >= 0.6 is 11.6 Å². The molecule has 0 saturated carbocycles. The number of rotatable bonds is 6. The minimum atomic E-state index is -3.67. The predicted molar refractivity (Wildman–Crippen MR) is 116 cm³/mol. The molecule has 3 aromatic rings. The second kappa shape index (κ2) is 8.43. The van der Waals surface area contributed by atoms with E-state index >= 15 is 0 Å². The van der Waals surface area contributed by atoms with Crippen LogP contribution in [0.15, 0.2) is 56.6 Å². The van der Waals surface area contributed by atoms with E-state index in [1.165, 1.54) is 21.6 Å². The molecule has 8 nitrogen and oxygen atoms in total. The topological polar surface area (TPSA) is 89.0 Å². The summed E-state index contributed by atoms with van der Waals surface area (Å²) in [5.74, 6) is -0.520. The number of hydrogen-bond acceptors (Lipinski definition) is 5. The average molecular weight is 452 g/mol. The van der Waals surface area contributed by atoms with Crippen molar-refractivity contribution in [1.82, 2.24) is 9.29 Å². The number of nitrogens with one attached hydrogen (secondary N) is 2. The Labute approximate surface area is 179 Å². The summed E-state index contributed by atoms with van der Waals surface area (Å²) in [7, 11) is -2.10. The first-order valence-corrected chi connectivity index (χ1v) is 11.6. The molecular formula is C20H24ClN4O4S+. The van der Waals surface area contributed by atoms with Gasteiger partial charge in [0.25, 0.3) is 0 Å². The van der Waals surface area contributed by atoms with Gasteiger partial charge in [-0.05, 0) is 30.3 Å². The van der Waals surface area contributed by atoms with Crippen molar-refractivity contribution in [2.75, 3.05) is 44.2 Å². The second-order valence-electron chi connectivity index (χ2n) is 7.42. The molecule has 1 saturated heterocycles. The average Bonchev–Trinajstić information content (AvgIpc) is 3.01. The SMILES string of the molecule is Cn1c(=O)oc2cc(S(=O)(=O)NCC[NH+]3CCN(c4cccc(Cl)c4)CC3)ccc21. The maximum atomic E-state index is 12.6. The van der Waals surface area contributed by atoms with Gasteiger partial charge in [-0.15, -0.1) is 0 Å². The second-order valence-corrected chi connectivity index (χ2v) is 9.62. The van der Waals surface area contributed by atoms with Crippen LogP contribution in [0.4, 0.5) is 5.69 Å². The fourth-order valence-corrected chi connectivity index (χ4v) is 4.96. The number of nitrogens with zero attached hydrogens (tertiary/aromatic N) is 2. The molecule has 0 spiro atoms. The zero-order valence-electron chi connectivity index (χ0n) is 16.6. The van der Waals surface area contributed by atoms with Crippen molar-refractivity contribution in [2.45, 2.75) is 4.90 Å². The molecule has 0 bridgehead atoms. The molecule has 0 radical (unpaired) electrons. The van der Waals surface area contributed by atoms with Crippen LogP contribution in [0.5, 0.6) is 0 Å². The van der Waals surface area contributed by atoms with Crippen molar-refractivity contribution >= 4 is 38.4 Å². The summed E-state index contributed by atoms with van der Waals surface area (Å²) in [5, 5.41) is 0.727. The summed E-state index contributed by atoms with van der Waals surface area (Å²) in [6, 6.07) is 12.3. The quantitative estimate of drug-likeness (QED) is 0.568. The van der Waals surface area contributed by atoms with Crippen molar-refractivity contribution in [1.29, 1.82) is 0 Å². The van der Waals surface area contributed by atoms with Crippen molar-refractivity contribution in [3.05, 3.63) is 58.0 Å². The summed E-state index contributed by atoms with van der Waals surface area (Å²) < 4.78 is 34.3. The number of fused-ring (bicyclic) bond motifs is 1. The first-order chi connectivity index (χ1) is 14.3. The van der Waals surface area contributed by atoms with Gasteiger partial charge in [-0.3, -0.25) is 4.57 Å². The van der Waals surface area contributed by atoms with E-state index in [-0.39, 0.29) is 10.5 Å². The highest BCUT2D eigenvalue weighted by atomic mass is 35.5. The molecule has 2 heterocycles.